The fourth-order valence-corrected chi connectivity index (χ4v) is 7.25. The first-order chi connectivity index (χ1) is 18.7. The van der Waals surface area contributed by atoms with Crippen LogP contribution in [0.1, 0.15) is 30.3 Å². The van der Waals surface area contributed by atoms with E-state index in [2.05, 4.69) is 20.4 Å². The van der Waals surface area contributed by atoms with Crippen LogP contribution in [-0.2, 0) is 29.7 Å². The molecule has 0 aliphatic carbocycles. The number of ether oxygens (including phenoxy) is 1. The summed E-state index contributed by atoms with van der Waals surface area (Å²) >= 11 is 6.18. The van der Waals surface area contributed by atoms with Gasteiger partial charge in [-0.25, -0.2) is 4.68 Å². The van der Waals surface area contributed by atoms with Gasteiger partial charge in [-0.05, 0) is 35.1 Å². The molecule has 2 aromatic heterocycles. The van der Waals surface area contributed by atoms with Gasteiger partial charge in [0.1, 0.15) is 24.1 Å². The number of fused-ring (bicyclic) bond motifs is 2. The van der Waals surface area contributed by atoms with Gasteiger partial charge < -0.3 is 49.1 Å². The second kappa shape index (κ2) is 11.0. The van der Waals surface area contributed by atoms with Gasteiger partial charge in [0.25, 0.3) is 0 Å². The van der Waals surface area contributed by atoms with Crippen LogP contribution in [0.2, 0.25) is 5.28 Å². The summed E-state index contributed by atoms with van der Waals surface area (Å²) < 4.78 is 39.8. The molecule has 2 aliphatic rings. The molecule has 40 heavy (non-hydrogen) atoms. The van der Waals surface area contributed by atoms with Crippen molar-refractivity contribution < 1.29 is 53.0 Å². The van der Waals surface area contributed by atoms with Crippen molar-refractivity contribution in [1.29, 1.82) is 0 Å². The molecule has 1 saturated heterocycles. The molecule has 1 aromatic carbocycles. The predicted molar refractivity (Wildman–Crippen MR) is 140 cm³/mol. The van der Waals surface area contributed by atoms with Crippen molar-refractivity contribution in [2.24, 2.45) is 0 Å². The summed E-state index contributed by atoms with van der Waals surface area (Å²) in [4.78, 5) is 36.0. The maximum Gasteiger partial charge on any atom is 0.491 e. The quantitative estimate of drug-likeness (QED) is 0.0934. The summed E-state index contributed by atoms with van der Waals surface area (Å²) in [5, 5.41) is 38.8. The Bertz CT molecular complexity index is 1530. The topological polar surface area (TPSA) is 239 Å². The zero-order valence-corrected chi connectivity index (χ0v) is 23.2. The average Bonchev–Trinajstić information content (AvgIpc) is 3.52. The summed E-state index contributed by atoms with van der Waals surface area (Å²) in [7, 11) is -10.6. The minimum Gasteiger partial charge on any atom is -0.423 e. The first-order valence-electron chi connectivity index (χ1n) is 11.8. The molecule has 0 radical (unpaired) electrons. The van der Waals surface area contributed by atoms with E-state index in [0.717, 1.165) is 15.8 Å². The van der Waals surface area contributed by atoms with Gasteiger partial charge >= 0.3 is 22.3 Å². The van der Waals surface area contributed by atoms with Gasteiger partial charge in [0.15, 0.2) is 17.8 Å². The van der Waals surface area contributed by atoms with Crippen LogP contribution in [0.4, 0.5) is 5.82 Å². The molecule has 216 valence electrons. The van der Waals surface area contributed by atoms with Gasteiger partial charge in [0, 0.05) is 6.04 Å². The number of aromatic nitrogens is 4. The van der Waals surface area contributed by atoms with E-state index in [9.17, 15) is 29.3 Å². The third-order valence-electron chi connectivity index (χ3n) is 6.49. The lowest BCUT2D eigenvalue weighted by Gasteiger charge is -2.18. The Balaban J connectivity index is 1.35. The third-order valence-corrected chi connectivity index (χ3v) is 10.1. The third kappa shape index (κ3) is 6.11. The number of aliphatic hydroxyl groups excluding tert-OH is 2. The van der Waals surface area contributed by atoms with E-state index in [0.29, 0.717) is 23.3 Å². The zero-order chi connectivity index (χ0) is 29.0. The summed E-state index contributed by atoms with van der Waals surface area (Å²) in [5.41, 5.74) is 2.54. The van der Waals surface area contributed by atoms with Crippen molar-refractivity contribution in [2.45, 2.75) is 44.1 Å². The monoisotopic (exact) mass is 619 g/mol. The molecule has 1 unspecified atom stereocenters. The molecule has 6 atom stereocenters. The van der Waals surface area contributed by atoms with Crippen molar-refractivity contribution in [3.05, 3.63) is 40.8 Å². The van der Waals surface area contributed by atoms with E-state index in [4.69, 9.17) is 35.3 Å². The summed E-state index contributed by atoms with van der Waals surface area (Å²) in [5.74, 6) is -1.11. The number of aliphatic hydroxyl groups is 2. The normalized spacial score (nSPS) is 25.2. The van der Waals surface area contributed by atoms with Gasteiger partial charge in [-0.3, -0.25) is 9.13 Å². The van der Waals surface area contributed by atoms with E-state index in [1.165, 1.54) is 6.20 Å². The molecule has 7 N–H and O–H groups in total. The molecular formula is C20H25BClN5O11P2. The van der Waals surface area contributed by atoms with Crippen LogP contribution in [0.5, 0.6) is 0 Å². The molecule has 0 saturated carbocycles. The van der Waals surface area contributed by atoms with Gasteiger partial charge in [0.05, 0.1) is 24.8 Å². The molecule has 0 spiro atoms. The maximum atomic E-state index is 12.0. The number of halogens is 1. The van der Waals surface area contributed by atoms with E-state index >= 15 is 0 Å². The van der Waals surface area contributed by atoms with Crippen molar-refractivity contribution in [3.8, 4) is 0 Å². The fourth-order valence-electron chi connectivity index (χ4n) is 4.52. The summed E-state index contributed by atoms with van der Waals surface area (Å²) in [6.07, 6.45) is -4.45. The molecule has 1 fully saturated rings. The van der Waals surface area contributed by atoms with Gasteiger partial charge in [-0.15, -0.1) is 0 Å². The lowest BCUT2D eigenvalue weighted by Crippen LogP contribution is -2.33. The molecule has 0 amide bonds. The van der Waals surface area contributed by atoms with E-state index in [1.807, 2.05) is 25.1 Å². The van der Waals surface area contributed by atoms with E-state index in [-0.39, 0.29) is 17.0 Å². The standard InChI is InChI=1S/C20H25BClN5O11P2/c1-9(10-2-3-11-6-36-21(30)13(11)4-10)24-17-12-5-23-27(18(12)26-20(22)25-17)19-16(29)15(28)14(38-19)7-37-40(34,35)8-39(31,32)33/h2-5,9,14-16,19,28-30H,6-8H2,1H3,(H,34,35)(H,24,25,26)(H2,31,32,33)/t9-,14+,15+,16+,19+/m0/s1. The summed E-state index contributed by atoms with van der Waals surface area (Å²) in [6, 6.07) is 5.27. The van der Waals surface area contributed by atoms with Gasteiger partial charge in [-0.2, -0.15) is 15.1 Å². The molecule has 2 aliphatic heterocycles. The lowest BCUT2D eigenvalue weighted by atomic mass is 9.78. The Morgan fingerprint density at radius 2 is 2.00 bits per heavy atom. The van der Waals surface area contributed by atoms with Crippen LogP contribution in [0.3, 0.4) is 0 Å². The number of anilines is 1. The van der Waals surface area contributed by atoms with Crippen LogP contribution >= 0.6 is 26.8 Å². The Kier molecular flexibility index (Phi) is 8.13. The van der Waals surface area contributed by atoms with Crippen LogP contribution in [0.25, 0.3) is 11.0 Å². The highest BCUT2D eigenvalue weighted by atomic mass is 35.5. The Morgan fingerprint density at radius 3 is 2.73 bits per heavy atom. The van der Waals surface area contributed by atoms with Crippen LogP contribution in [0, 0.1) is 0 Å². The van der Waals surface area contributed by atoms with E-state index < -0.39 is 59.4 Å². The number of hydrogen-bond acceptors (Lipinski definition) is 12. The fraction of sp³-hybridized carbons (Fsp3) is 0.450. The van der Waals surface area contributed by atoms with Crippen molar-refractivity contribution in [3.63, 3.8) is 0 Å². The Morgan fingerprint density at radius 1 is 1.25 bits per heavy atom. The largest absolute Gasteiger partial charge is 0.491 e. The predicted octanol–water partition coefficient (Wildman–Crippen LogP) is -0.173. The lowest BCUT2D eigenvalue weighted by molar-refractivity contribution is -0.0541. The highest BCUT2D eigenvalue weighted by molar-refractivity contribution is 7.70. The SMILES string of the molecule is C[C@H](Nc1nc(Cl)nc2c1cnn2[C@@H]1O[C@H](COP(=O)(O)CP(=O)(O)O)[C@@H](O)[C@H]1O)c1ccc2c(c1)B(O)OC2. The highest BCUT2D eigenvalue weighted by Crippen LogP contribution is 2.55. The number of nitrogens with one attached hydrogen (secondary N) is 1. The molecule has 16 nitrogen and oxygen atoms in total. The summed E-state index contributed by atoms with van der Waals surface area (Å²) in [6.45, 7) is 1.44. The molecular weight excluding hydrogens is 594 g/mol. The first kappa shape index (κ1) is 29.5. The van der Waals surface area contributed by atoms with Gasteiger partial charge in [0.2, 0.25) is 5.28 Å². The van der Waals surface area contributed by atoms with Crippen molar-refractivity contribution >= 4 is 56.2 Å². The van der Waals surface area contributed by atoms with Crippen LogP contribution in [-0.4, -0.2) is 87.6 Å². The number of benzene rings is 1. The highest BCUT2D eigenvalue weighted by Gasteiger charge is 2.46. The molecule has 5 rings (SSSR count). The van der Waals surface area contributed by atoms with Crippen molar-refractivity contribution in [2.75, 3.05) is 17.8 Å². The maximum absolute atomic E-state index is 12.0. The molecule has 0 bridgehead atoms. The second-order valence-electron chi connectivity index (χ2n) is 9.44. The van der Waals surface area contributed by atoms with Crippen LogP contribution < -0.4 is 10.8 Å². The minimum absolute atomic E-state index is 0.139. The molecule has 3 aromatic rings. The van der Waals surface area contributed by atoms with Gasteiger partial charge in [-0.1, -0.05) is 18.2 Å². The molecule has 20 heteroatoms. The molecule has 4 heterocycles. The number of nitrogens with zero attached hydrogens (tertiary/aromatic N) is 4. The number of rotatable bonds is 9. The average molecular weight is 620 g/mol. The second-order valence-corrected chi connectivity index (χ2v) is 13.8. The Labute approximate surface area is 231 Å². The van der Waals surface area contributed by atoms with Crippen molar-refractivity contribution in [1.82, 2.24) is 19.7 Å². The Hall–Kier alpha value is -1.98. The number of hydrogen-bond donors (Lipinski definition) is 7. The minimum atomic E-state index is -4.86. The van der Waals surface area contributed by atoms with E-state index in [1.54, 1.807) is 0 Å². The van der Waals surface area contributed by atoms with Crippen LogP contribution in [0.15, 0.2) is 24.4 Å². The smallest absolute Gasteiger partial charge is 0.423 e. The first-order valence-corrected chi connectivity index (χ1v) is 15.8. The zero-order valence-electron chi connectivity index (χ0n) is 20.7.